The van der Waals surface area contributed by atoms with Gasteiger partial charge < -0.3 is 14.8 Å². The van der Waals surface area contributed by atoms with Gasteiger partial charge in [-0.15, -0.1) is 0 Å². The van der Waals surface area contributed by atoms with E-state index in [2.05, 4.69) is 15.3 Å². The van der Waals surface area contributed by atoms with Crippen molar-refractivity contribution in [3.8, 4) is 11.4 Å². The SMILES string of the molecule is O=C(CCn1nc(COc2ccc(Cl)cc2)n(-c2ccccc2)c1=S)NCN1CCOCC1. The number of carbonyl (C=O) groups is 1. The van der Waals surface area contributed by atoms with Crippen LogP contribution in [0.3, 0.4) is 0 Å². The standard InChI is InChI=1S/C23H26ClN5O3S/c24-18-6-8-20(9-7-18)32-16-21-26-28(23(33)29(21)19-4-2-1-3-5-19)11-10-22(30)25-17-27-12-14-31-15-13-27/h1-9H,10-17H2,(H,25,30). The molecule has 0 radical (unpaired) electrons. The van der Waals surface area contributed by atoms with Crippen LogP contribution in [0.2, 0.25) is 5.02 Å². The van der Waals surface area contributed by atoms with E-state index < -0.39 is 0 Å². The predicted molar refractivity (Wildman–Crippen MR) is 128 cm³/mol. The van der Waals surface area contributed by atoms with Crippen LogP contribution < -0.4 is 10.1 Å². The molecule has 1 amide bonds. The summed E-state index contributed by atoms with van der Waals surface area (Å²) in [7, 11) is 0. The zero-order valence-corrected chi connectivity index (χ0v) is 19.7. The van der Waals surface area contributed by atoms with Crippen molar-refractivity contribution in [2.24, 2.45) is 0 Å². The highest BCUT2D eigenvalue weighted by Crippen LogP contribution is 2.18. The molecule has 2 heterocycles. The molecule has 1 N–H and O–H groups in total. The summed E-state index contributed by atoms with van der Waals surface area (Å²) < 4.78 is 15.3. The van der Waals surface area contributed by atoms with Crippen LogP contribution >= 0.6 is 23.8 Å². The molecule has 1 aliphatic heterocycles. The fourth-order valence-electron chi connectivity index (χ4n) is 3.46. The summed E-state index contributed by atoms with van der Waals surface area (Å²) in [6, 6.07) is 16.9. The Hall–Kier alpha value is -2.72. The Balaban J connectivity index is 1.44. The van der Waals surface area contributed by atoms with Gasteiger partial charge in [-0.25, -0.2) is 4.68 Å². The molecule has 0 bridgehead atoms. The number of halogens is 1. The number of nitrogens with zero attached hydrogens (tertiary/aromatic N) is 4. The Morgan fingerprint density at radius 1 is 1.12 bits per heavy atom. The van der Waals surface area contributed by atoms with Crippen LogP contribution in [0.4, 0.5) is 0 Å². The maximum Gasteiger partial charge on any atom is 0.222 e. The second-order valence-corrected chi connectivity index (χ2v) is 8.38. The van der Waals surface area contributed by atoms with Crippen LogP contribution in [0.15, 0.2) is 54.6 Å². The number of ether oxygens (including phenoxy) is 2. The second-order valence-electron chi connectivity index (χ2n) is 7.57. The number of morpholine rings is 1. The summed E-state index contributed by atoms with van der Waals surface area (Å²) in [6.45, 7) is 4.16. The lowest BCUT2D eigenvalue weighted by Crippen LogP contribution is -2.43. The highest BCUT2D eigenvalue weighted by molar-refractivity contribution is 7.71. The van der Waals surface area contributed by atoms with Gasteiger partial charge in [-0.2, -0.15) is 5.10 Å². The Kier molecular flexibility index (Phi) is 8.11. The Morgan fingerprint density at radius 2 is 1.85 bits per heavy atom. The molecule has 3 aromatic rings. The number of para-hydroxylation sites is 1. The molecule has 0 aliphatic carbocycles. The summed E-state index contributed by atoms with van der Waals surface area (Å²) >= 11 is 11.7. The van der Waals surface area contributed by atoms with Crippen molar-refractivity contribution < 1.29 is 14.3 Å². The predicted octanol–water partition coefficient (Wildman–Crippen LogP) is 3.43. The van der Waals surface area contributed by atoms with Crippen LogP contribution in [0.1, 0.15) is 12.2 Å². The van der Waals surface area contributed by atoms with Crippen molar-refractivity contribution in [3.05, 3.63) is 70.2 Å². The number of benzene rings is 2. The lowest BCUT2D eigenvalue weighted by molar-refractivity contribution is -0.122. The number of aryl methyl sites for hydroxylation is 1. The Bertz CT molecular complexity index is 1110. The molecule has 33 heavy (non-hydrogen) atoms. The maximum atomic E-state index is 12.4. The molecule has 4 rings (SSSR count). The lowest BCUT2D eigenvalue weighted by Gasteiger charge is -2.26. The van der Waals surface area contributed by atoms with Crippen LogP contribution in [0.5, 0.6) is 5.75 Å². The normalized spacial score (nSPS) is 14.2. The van der Waals surface area contributed by atoms with Gasteiger partial charge in [0.2, 0.25) is 10.7 Å². The van der Waals surface area contributed by atoms with E-state index in [1.54, 1.807) is 28.9 Å². The van der Waals surface area contributed by atoms with Crippen LogP contribution in [0.25, 0.3) is 5.69 Å². The van der Waals surface area contributed by atoms with E-state index in [-0.39, 0.29) is 18.9 Å². The molecule has 0 spiro atoms. The second kappa shape index (κ2) is 11.4. The van der Waals surface area contributed by atoms with Gasteiger partial charge in [-0.3, -0.25) is 14.3 Å². The summed E-state index contributed by atoms with van der Waals surface area (Å²) in [5.41, 5.74) is 0.889. The smallest absolute Gasteiger partial charge is 0.222 e. The third kappa shape index (κ3) is 6.42. The fourth-order valence-corrected chi connectivity index (χ4v) is 3.93. The molecule has 0 atom stereocenters. The van der Waals surface area contributed by atoms with Crippen LogP contribution in [-0.4, -0.2) is 58.1 Å². The molecule has 8 nitrogen and oxygen atoms in total. The van der Waals surface area contributed by atoms with Gasteiger partial charge in [0.25, 0.3) is 0 Å². The Morgan fingerprint density at radius 3 is 2.58 bits per heavy atom. The monoisotopic (exact) mass is 487 g/mol. The largest absolute Gasteiger partial charge is 0.486 e. The summed E-state index contributed by atoms with van der Waals surface area (Å²) in [4.78, 5) is 14.5. The number of nitrogens with one attached hydrogen (secondary N) is 1. The van der Waals surface area contributed by atoms with Crippen molar-refractivity contribution in [2.45, 2.75) is 19.6 Å². The minimum Gasteiger partial charge on any atom is -0.486 e. The van der Waals surface area contributed by atoms with Crippen molar-refractivity contribution in [1.29, 1.82) is 0 Å². The Labute approximate surface area is 202 Å². The van der Waals surface area contributed by atoms with Crippen LogP contribution in [-0.2, 0) is 22.7 Å². The van der Waals surface area contributed by atoms with E-state index in [1.807, 2.05) is 34.9 Å². The zero-order chi connectivity index (χ0) is 23.0. The number of hydrogen-bond acceptors (Lipinski definition) is 6. The third-order valence-electron chi connectivity index (χ3n) is 5.26. The van der Waals surface area contributed by atoms with Gasteiger partial charge in [0.15, 0.2) is 5.82 Å². The summed E-state index contributed by atoms with van der Waals surface area (Å²) in [6.07, 6.45) is 0.280. The van der Waals surface area contributed by atoms with E-state index in [4.69, 9.17) is 33.3 Å². The molecule has 1 aliphatic rings. The fraction of sp³-hybridized carbons (Fsp3) is 0.348. The first kappa shape index (κ1) is 23.4. The number of amides is 1. The number of aromatic nitrogens is 3. The van der Waals surface area contributed by atoms with E-state index in [0.29, 0.717) is 47.8 Å². The maximum absolute atomic E-state index is 12.4. The van der Waals surface area contributed by atoms with Gasteiger partial charge in [0, 0.05) is 30.2 Å². The molecule has 1 saturated heterocycles. The average Bonchev–Trinajstić information content (AvgIpc) is 3.17. The molecule has 2 aromatic carbocycles. The molecule has 0 saturated carbocycles. The van der Waals surface area contributed by atoms with Crippen molar-refractivity contribution in [3.63, 3.8) is 0 Å². The van der Waals surface area contributed by atoms with Gasteiger partial charge in [0.1, 0.15) is 12.4 Å². The van der Waals surface area contributed by atoms with Crippen LogP contribution in [0, 0.1) is 4.77 Å². The molecule has 1 aromatic heterocycles. The first-order valence-electron chi connectivity index (χ1n) is 10.8. The summed E-state index contributed by atoms with van der Waals surface area (Å²) in [5, 5.41) is 8.26. The zero-order valence-electron chi connectivity index (χ0n) is 18.2. The first-order chi connectivity index (χ1) is 16.1. The molecule has 174 valence electrons. The van der Waals surface area contributed by atoms with Crippen molar-refractivity contribution in [2.75, 3.05) is 33.0 Å². The van der Waals surface area contributed by atoms with Crippen molar-refractivity contribution in [1.82, 2.24) is 24.6 Å². The molecular formula is C23H26ClN5O3S. The van der Waals surface area contributed by atoms with E-state index >= 15 is 0 Å². The number of carbonyl (C=O) groups excluding carboxylic acids is 1. The topological polar surface area (TPSA) is 73.6 Å². The van der Waals surface area contributed by atoms with Crippen molar-refractivity contribution >= 4 is 29.7 Å². The summed E-state index contributed by atoms with van der Waals surface area (Å²) in [5.74, 6) is 1.29. The quantitative estimate of drug-likeness (QED) is 0.466. The minimum atomic E-state index is -0.0448. The number of rotatable bonds is 9. The highest BCUT2D eigenvalue weighted by atomic mass is 35.5. The van der Waals surface area contributed by atoms with Gasteiger partial charge >= 0.3 is 0 Å². The van der Waals surface area contributed by atoms with E-state index in [0.717, 1.165) is 18.8 Å². The van der Waals surface area contributed by atoms with E-state index in [9.17, 15) is 4.79 Å². The van der Waals surface area contributed by atoms with Gasteiger partial charge in [-0.1, -0.05) is 29.8 Å². The molecule has 1 fully saturated rings. The average molecular weight is 488 g/mol. The van der Waals surface area contributed by atoms with Gasteiger partial charge in [-0.05, 0) is 48.6 Å². The van der Waals surface area contributed by atoms with E-state index in [1.165, 1.54) is 0 Å². The third-order valence-corrected chi connectivity index (χ3v) is 5.90. The number of hydrogen-bond donors (Lipinski definition) is 1. The lowest BCUT2D eigenvalue weighted by atomic mass is 10.3. The molecular weight excluding hydrogens is 462 g/mol. The first-order valence-corrected chi connectivity index (χ1v) is 11.6. The highest BCUT2D eigenvalue weighted by Gasteiger charge is 2.15. The van der Waals surface area contributed by atoms with Gasteiger partial charge in [0.05, 0.1) is 26.4 Å². The molecule has 10 heteroatoms. The minimum absolute atomic E-state index is 0.0448. The molecule has 0 unspecified atom stereocenters.